The zero-order valence-corrected chi connectivity index (χ0v) is 6.90. The van der Waals surface area contributed by atoms with Crippen LogP contribution in [0.2, 0.25) is 0 Å². The fourth-order valence-electron chi connectivity index (χ4n) is 0.340. The molecule has 0 aliphatic heterocycles. The Morgan fingerprint density at radius 2 is 2.29 bits per heavy atom. The van der Waals surface area contributed by atoms with Gasteiger partial charge in [-0.3, -0.25) is 6.08 Å². The molecule has 7 heavy (non-hydrogen) atoms. The van der Waals surface area contributed by atoms with E-state index in [1.807, 2.05) is 12.2 Å². The van der Waals surface area contributed by atoms with Crippen LogP contribution in [0.25, 0.3) is 0 Å². The molecule has 2 heteroatoms. The Kier molecular flexibility index (Phi) is 10.8. The largest absolute Gasteiger partial charge is 1.00 e. The molecule has 0 fully saturated rings. The van der Waals surface area contributed by atoms with Crippen LogP contribution in [-0.4, -0.2) is 0 Å². The summed E-state index contributed by atoms with van der Waals surface area (Å²) in [5.41, 5.74) is 0. The third kappa shape index (κ3) is 4.82. The van der Waals surface area contributed by atoms with Gasteiger partial charge in [-0.15, -0.1) is 6.42 Å². The second kappa shape index (κ2) is 6.96. The van der Waals surface area contributed by atoms with E-state index in [1.165, 1.54) is 0 Å². The summed E-state index contributed by atoms with van der Waals surface area (Å²) < 4.78 is 0. The Balaban J connectivity index is -0.0000000833. The van der Waals surface area contributed by atoms with E-state index in [9.17, 15) is 0 Å². The zero-order valence-electron chi connectivity index (χ0n) is 5.44. The molecule has 0 aromatic carbocycles. The molecule has 0 atom stereocenters. The molecule has 0 amide bonds. The topological polar surface area (TPSA) is 0 Å². The fraction of sp³-hybridized carbons (Fsp3) is 0.200. The van der Waals surface area contributed by atoms with Gasteiger partial charge < -0.3 is 1.43 Å². The van der Waals surface area contributed by atoms with Gasteiger partial charge in [0, 0.05) is 26.2 Å². The molecular weight excluding hydrogens is 158 g/mol. The van der Waals surface area contributed by atoms with E-state index in [4.69, 9.17) is 0 Å². The smallest absolute Gasteiger partial charge is 1.00 e. The van der Waals surface area contributed by atoms with Gasteiger partial charge in [-0.25, -0.2) is 12.2 Å². The first-order chi connectivity index (χ1) is 2.50. The van der Waals surface area contributed by atoms with Crippen LogP contribution < -0.4 is 18.9 Å². The molecule has 0 radical (unpaired) electrons. The van der Waals surface area contributed by atoms with E-state index in [2.05, 4.69) is 12.2 Å². The summed E-state index contributed by atoms with van der Waals surface area (Å²) in [6.45, 7) is 0. The van der Waals surface area contributed by atoms with Gasteiger partial charge in [-0.1, -0.05) is 0 Å². The van der Waals surface area contributed by atoms with E-state index in [0.29, 0.717) is 0 Å². The van der Waals surface area contributed by atoms with Gasteiger partial charge in [0.1, 0.15) is 0 Å². The second-order valence-electron chi connectivity index (χ2n) is 1.00. The molecule has 0 spiro atoms. The summed E-state index contributed by atoms with van der Waals surface area (Å²) in [6.07, 6.45) is 10.0. The Labute approximate surface area is 76.8 Å². The van der Waals surface area contributed by atoms with Gasteiger partial charge in [-0.05, 0) is 0 Å². The summed E-state index contributed by atoms with van der Waals surface area (Å²) in [5.74, 6) is 0. The molecule has 1 rings (SSSR count). The molecule has 0 saturated carbocycles. The number of allylic oxidation sites excluding steroid dienone is 4. The van der Waals surface area contributed by atoms with E-state index in [1.54, 1.807) is 0 Å². The molecule has 0 aromatic rings. The van der Waals surface area contributed by atoms with Crippen molar-refractivity contribution >= 4 is 0 Å². The van der Waals surface area contributed by atoms with Crippen molar-refractivity contribution in [2.75, 3.05) is 0 Å². The SMILES string of the molecule is [C-]1=CC=CC1.[H-].[Li+].[Zr]. The standard InChI is InChI=1S/C5H5.Li.Zr.H/c1-2-4-5-3-1;;;/h1-3H,4H2;;;/q-1;+1;;-1. The van der Waals surface area contributed by atoms with Crippen LogP contribution in [-0.2, 0) is 26.2 Å². The minimum Gasteiger partial charge on any atom is -1.00 e. The monoisotopic (exact) mass is 163 g/mol. The van der Waals surface area contributed by atoms with Crippen molar-refractivity contribution in [2.24, 2.45) is 0 Å². The van der Waals surface area contributed by atoms with Crippen LogP contribution in [0.4, 0.5) is 0 Å². The number of rotatable bonds is 0. The average Bonchev–Trinajstić information content (AvgIpc) is 1.76. The van der Waals surface area contributed by atoms with Crippen LogP contribution in [0, 0.1) is 6.08 Å². The van der Waals surface area contributed by atoms with Gasteiger partial charge in [0.15, 0.2) is 0 Å². The Morgan fingerprint density at radius 3 is 2.43 bits per heavy atom. The molecule has 0 saturated heterocycles. The third-order valence-electron chi connectivity index (χ3n) is 0.586. The molecular formula is C5H6LiZr-. The summed E-state index contributed by atoms with van der Waals surface area (Å²) in [4.78, 5) is 0. The quantitative estimate of drug-likeness (QED) is 0.299. The molecule has 0 unspecified atom stereocenters. The van der Waals surface area contributed by atoms with Gasteiger partial charge in [-0.2, -0.15) is 6.08 Å². The van der Waals surface area contributed by atoms with Gasteiger partial charge in [0.2, 0.25) is 0 Å². The second-order valence-corrected chi connectivity index (χ2v) is 1.00. The molecule has 1 aliphatic rings. The summed E-state index contributed by atoms with van der Waals surface area (Å²) in [5, 5.41) is 0. The Hall–Kier alpha value is 0.961. The molecule has 0 N–H and O–H groups in total. The maximum atomic E-state index is 2.99. The van der Waals surface area contributed by atoms with Crippen molar-refractivity contribution in [2.45, 2.75) is 6.42 Å². The van der Waals surface area contributed by atoms with Crippen molar-refractivity contribution in [3.05, 3.63) is 24.3 Å². The maximum Gasteiger partial charge on any atom is 1.00 e. The first kappa shape index (κ1) is 10.9. The number of hydrogen-bond acceptors (Lipinski definition) is 0. The summed E-state index contributed by atoms with van der Waals surface area (Å²) >= 11 is 0. The summed E-state index contributed by atoms with van der Waals surface area (Å²) in [6, 6.07) is 0. The molecule has 0 nitrogen and oxygen atoms in total. The molecule has 0 bridgehead atoms. The third-order valence-corrected chi connectivity index (χ3v) is 0.586. The van der Waals surface area contributed by atoms with Crippen molar-refractivity contribution in [3.63, 3.8) is 0 Å². The predicted octanol–water partition coefficient (Wildman–Crippen LogP) is -1.58. The maximum absolute atomic E-state index is 2.99. The van der Waals surface area contributed by atoms with Crippen molar-refractivity contribution in [3.8, 4) is 0 Å². The normalized spacial score (nSPS) is 12.6. The van der Waals surface area contributed by atoms with E-state index in [-0.39, 0.29) is 46.5 Å². The van der Waals surface area contributed by atoms with E-state index < -0.39 is 0 Å². The molecule has 32 valence electrons. The first-order valence-electron chi connectivity index (χ1n) is 1.72. The van der Waals surface area contributed by atoms with Crippen LogP contribution in [0.3, 0.4) is 0 Å². The van der Waals surface area contributed by atoms with Crippen molar-refractivity contribution in [1.82, 2.24) is 0 Å². The Bertz CT molecular complexity index is 70.5. The number of hydrogen-bond donors (Lipinski definition) is 0. The van der Waals surface area contributed by atoms with Crippen molar-refractivity contribution < 1.29 is 46.5 Å². The first-order valence-corrected chi connectivity index (χ1v) is 1.72. The fourth-order valence-corrected chi connectivity index (χ4v) is 0.340. The van der Waals surface area contributed by atoms with Crippen molar-refractivity contribution in [1.29, 1.82) is 0 Å². The zero-order chi connectivity index (χ0) is 3.54. The molecule has 0 heterocycles. The van der Waals surface area contributed by atoms with Gasteiger partial charge >= 0.3 is 18.9 Å². The minimum atomic E-state index is 0. The van der Waals surface area contributed by atoms with Crippen LogP contribution in [0.15, 0.2) is 18.2 Å². The molecule has 0 aromatic heterocycles. The summed E-state index contributed by atoms with van der Waals surface area (Å²) in [7, 11) is 0. The van der Waals surface area contributed by atoms with Crippen LogP contribution in [0.5, 0.6) is 0 Å². The van der Waals surface area contributed by atoms with Crippen LogP contribution in [0.1, 0.15) is 7.85 Å². The van der Waals surface area contributed by atoms with E-state index >= 15 is 0 Å². The predicted molar refractivity (Wildman–Crippen MR) is 22.7 cm³/mol. The van der Waals surface area contributed by atoms with E-state index in [0.717, 1.165) is 6.42 Å². The van der Waals surface area contributed by atoms with Crippen LogP contribution >= 0.6 is 0 Å². The average molecular weight is 164 g/mol. The van der Waals surface area contributed by atoms with Gasteiger partial charge in [0.25, 0.3) is 0 Å². The minimum absolute atomic E-state index is 0. The molecule has 1 aliphatic carbocycles. The van der Waals surface area contributed by atoms with Gasteiger partial charge in [0.05, 0.1) is 0 Å². The Morgan fingerprint density at radius 1 is 1.57 bits per heavy atom.